The van der Waals surface area contributed by atoms with Crippen LogP contribution in [0.5, 0.6) is 0 Å². The molecule has 0 aliphatic carbocycles. The predicted molar refractivity (Wildman–Crippen MR) is 109 cm³/mol. The second-order valence-electron chi connectivity index (χ2n) is 7.78. The third-order valence-corrected chi connectivity index (χ3v) is 5.72. The van der Waals surface area contributed by atoms with Crippen molar-refractivity contribution in [1.29, 1.82) is 0 Å². The maximum absolute atomic E-state index is 12.8. The van der Waals surface area contributed by atoms with Crippen LogP contribution in [0.2, 0.25) is 0 Å². The molecule has 3 heterocycles. The van der Waals surface area contributed by atoms with E-state index in [9.17, 15) is 9.59 Å². The molecule has 146 valence electrons. The van der Waals surface area contributed by atoms with Crippen molar-refractivity contribution in [1.82, 2.24) is 19.2 Å². The molecule has 1 aliphatic heterocycles. The molecule has 0 saturated carbocycles. The van der Waals surface area contributed by atoms with E-state index in [-0.39, 0.29) is 11.5 Å². The standard InChI is InChI=1S/C22H26N4O2/c1-16-7-8-21(27)26(23-16)14-17-9-11-25(12-10-17)22(28)13-18-15-24(2)20-6-4-3-5-19(18)20/h3-8,15,17H,9-14H2,1-2H3. The number of benzene rings is 1. The lowest BCUT2D eigenvalue weighted by molar-refractivity contribution is -0.131. The van der Waals surface area contributed by atoms with E-state index in [0.29, 0.717) is 18.9 Å². The lowest BCUT2D eigenvalue weighted by Crippen LogP contribution is -2.41. The van der Waals surface area contributed by atoms with Crippen molar-refractivity contribution in [2.24, 2.45) is 13.0 Å². The fourth-order valence-corrected chi connectivity index (χ4v) is 4.13. The number of aryl methyl sites for hydroxylation is 2. The molecule has 2 aromatic heterocycles. The van der Waals surface area contributed by atoms with Crippen LogP contribution in [0.25, 0.3) is 10.9 Å². The lowest BCUT2D eigenvalue weighted by atomic mass is 9.96. The summed E-state index contributed by atoms with van der Waals surface area (Å²) in [5.74, 6) is 0.564. The summed E-state index contributed by atoms with van der Waals surface area (Å²) in [5.41, 5.74) is 3.03. The quantitative estimate of drug-likeness (QED) is 0.701. The van der Waals surface area contributed by atoms with Crippen LogP contribution in [0.1, 0.15) is 24.1 Å². The third-order valence-electron chi connectivity index (χ3n) is 5.72. The van der Waals surface area contributed by atoms with Gasteiger partial charge in [-0.05, 0) is 43.4 Å². The fourth-order valence-electron chi connectivity index (χ4n) is 4.13. The minimum absolute atomic E-state index is 0.0555. The van der Waals surface area contributed by atoms with Gasteiger partial charge in [0.2, 0.25) is 5.91 Å². The summed E-state index contributed by atoms with van der Waals surface area (Å²) in [6, 6.07) is 11.5. The molecule has 28 heavy (non-hydrogen) atoms. The smallest absolute Gasteiger partial charge is 0.266 e. The van der Waals surface area contributed by atoms with Gasteiger partial charge in [0.1, 0.15) is 0 Å². The molecule has 6 heteroatoms. The number of hydrogen-bond acceptors (Lipinski definition) is 3. The van der Waals surface area contributed by atoms with Crippen LogP contribution in [-0.2, 0) is 24.8 Å². The molecule has 0 unspecified atom stereocenters. The summed E-state index contributed by atoms with van der Waals surface area (Å²) in [4.78, 5) is 26.8. The van der Waals surface area contributed by atoms with Gasteiger partial charge in [-0.1, -0.05) is 18.2 Å². The molecule has 6 nitrogen and oxygen atoms in total. The topological polar surface area (TPSA) is 60.1 Å². The van der Waals surface area contributed by atoms with E-state index in [1.165, 1.54) is 0 Å². The summed E-state index contributed by atoms with van der Waals surface area (Å²) in [5, 5.41) is 5.48. The van der Waals surface area contributed by atoms with Crippen LogP contribution >= 0.6 is 0 Å². The average Bonchev–Trinajstić information content (AvgIpc) is 3.01. The molecular formula is C22H26N4O2. The van der Waals surface area contributed by atoms with Crippen molar-refractivity contribution < 1.29 is 4.79 Å². The highest BCUT2D eigenvalue weighted by Crippen LogP contribution is 2.23. The summed E-state index contributed by atoms with van der Waals surface area (Å²) >= 11 is 0. The maximum atomic E-state index is 12.8. The zero-order valence-electron chi connectivity index (χ0n) is 16.5. The summed E-state index contributed by atoms with van der Waals surface area (Å²) in [6.07, 6.45) is 4.31. The van der Waals surface area contributed by atoms with Gasteiger partial charge in [-0.15, -0.1) is 0 Å². The average molecular weight is 378 g/mol. The second-order valence-corrected chi connectivity index (χ2v) is 7.78. The highest BCUT2D eigenvalue weighted by atomic mass is 16.2. The Morgan fingerprint density at radius 1 is 1.14 bits per heavy atom. The van der Waals surface area contributed by atoms with Gasteiger partial charge in [-0.2, -0.15) is 5.10 Å². The number of hydrogen-bond donors (Lipinski definition) is 0. The van der Waals surface area contributed by atoms with E-state index in [2.05, 4.69) is 28.0 Å². The van der Waals surface area contributed by atoms with Crippen molar-refractivity contribution in [2.45, 2.75) is 32.7 Å². The first-order valence-corrected chi connectivity index (χ1v) is 9.87. The second kappa shape index (κ2) is 7.62. The highest BCUT2D eigenvalue weighted by molar-refractivity contribution is 5.89. The minimum Gasteiger partial charge on any atom is -0.350 e. The molecule has 0 N–H and O–H groups in total. The van der Waals surface area contributed by atoms with Gasteiger partial charge < -0.3 is 9.47 Å². The number of para-hydroxylation sites is 1. The zero-order valence-corrected chi connectivity index (χ0v) is 16.5. The monoisotopic (exact) mass is 378 g/mol. The van der Waals surface area contributed by atoms with Crippen LogP contribution in [-0.4, -0.2) is 38.2 Å². The summed E-state index contributed by atoms with van der Waals surface area (Å²) < 4.78 is 3.64. The number of piperidine rings is 1. The Balaban J connectivity index is 1.37. The fraction of sp³-hybridized carbons (Fsp3) is 0.409. The number of fused-ring (bicyclic) bond motifs is 1. The molecule has 4 rings (SSSR count). The Labute approximate surface area is 164 Å². The van der Waals surface area contributed by atoms with Gasteiger partial charge in [-0.25, -0.2) is 4.68 Å². The largest absolute Gasteiger partial charge is 0.350 e. The molecular weight excluding hydrogens is 352 g/mol. The molecule has 0 atom stereocenters. The SMILES string of the molecule is Cc1ccc(=O)n(CC2CCN(C(=O)Cc3cn(C)c4ccccc34)CC2)n1. The van der Waals surface area contributed by atoms with Crippen LogP contribution in [0.15, 0.2) is 47.4 Å². The molecule has 1 amide bonds. The van der Waals surface area contributed by atoms with Crippen molar-refractivity contribution >= 4 is 16.8 Å². The van der Waals surface area contributed by atoms with E-state index in [0.717, 1.165) is 48.1 Å². The molecule has 1 fully saturated rings. The molecule has 0 spiro atoms. The highest BCUT2D eigenvalue weighted by Gasteiger charge is 2.24. The minimum atomic E-state index is -0.0555. The Bertz CT molecular complexity index is 1060. The normalized spacial score (nSPS) is 15.3. The van der Waals surface area contributed by atoms with Crippen molar-refractivity contribution in [3.05, 3.63) is 64.2 Å². The Morgan fingerprint density at radius 3 is 2.68 bits per heavy atom. The number of carbonyl (C=O) groups is 1. The molecule has 3 aromatic rings. The first-order chi connectivity index (χ1) is 13.5. The first kappa shape index (κ1) is 18.5. The van der Waals surface area contributed by atoms with Crippen LogP contribution in [0, 0.1) is 12.8 Å². The van der Waals surface area contributed by atoms with Gasteiger partial charge in [-0.3, -0.25) is 9.59 Å². The molecule has 0 radical (unpaired) electrons. The summed E-state index contributed by atoms with van der Waals surface area (Å²) in [7, 11) is 2.02. The molecule has 1 aromatic carbocycles. The molecule has 1 saturated heterocycles. The number of rotatable bonds is 4. The van der Waals surface area contributed by atoms with E-state index < -0.39 is 0 Å². The van der Waals surface area contributed by atoms with Crippen molar-refractivity contribution in [3.63, 3.8) is 0 Å². The number of nitrogens with zero attached hydrogens (tertiary/aromatic N) is 4. The number of aromatic nitrogens is 3. The van der Waals surface area contributed by atoms with E-state index in [1.54, 1.807) is 16.8 Å². The van der Waals surface area contributed by atoms with E-state index in [4.69, 9.17) is 0 Å². The van der Waals surface area contributed by atoms with Gasteiger partial charge in [0.25, 0.3) is 5.56 Å². The van der Waals surface area contributed by atoms with Gasteiger partial charge >= 0.3 is 0 Å². The van der Waals surface area contributed by atoms with Crippen molar-refractivity contribution in [3.8, 4) is 0 Å². The van der Waals surface area contributed by atoms with Crippen molar-refractivity contribution in [2.75, 3.05) is 13.1 Å². The van der Waals surface area contributed by atoms with Crippen LogP contribution < -0.4 is 5.56 Å². The van der Waals surface area contributed by atoms with Crippen LogP contribution in [0.4, 0.5) is 0 Å². The Morgan fingerprint density at radius 2 is 1.89 bits per heavy atom. The molecule has 1 aliphatic rings. The van der Waals surface area contributed by atoms with Gasteiger partial charge in [0.15, 0.2) is 0 Å². The summed E-state index contributed by atoms with van der Waals surface area (Å²) in [6.45, 7) is 4.01. The Hall–Kier alpha value is -2.89. The number of carbonyl (C=O) groups excluding carboxylic acids is 1. The lowest BCUT2D eigenvalue weighted by Gasteiger charge is -2.32. The third kappa shape index (κ3) is 3.72. The zero-order chi connectivity index (χ0) is 19.7. The number of likely N-dealkylation sites (tertiary alicyclic amines) is 1. The van der Waals surface area contributed by atoms with E-state index >= 15 is 0 Å². The first-order valence-electron chi connectivity index (χ1n) is 9.87. The maximum Gasteiger partial charge on any atom is 0.266 e. The molecule has 0 bridgehead atoms. The predicted octanol–water partition coefficient (Wildman–Crippen LogP) is 2.52. The van der Waals surface area contributed by atoms with Gasteiger partial charge in [0, 0.05) is 49.8 Å². The van der Waals surface area contributed by atoms with Crippen LogP contribution in [0.3, 0.4) is 0 Å². The Kier molecular flexibility index (Phi) is 5.03. The number of amides is 1. The van der Waals surface area contributed by atoms with Gasteiger partial charge in [0.05, 0.1) is 12.1 Å². The van der Waals surface area contributed by atoms with E-state index in [1.807, 2.05) is 31.0 Å².